The lowest BCUT2D eigenvalue weighted by molar-refractivity contribution is -0.0222. The van der Waals surface area contributed by atoms with Gasteiger partial charge in [0.05, 0.1) is 17.8 Å². The highest BCUT2D eigenvalue weighted by atomic mass is 127. The smallest absolute Gasteiger partial charge is 0.253 e. The van der Waals surface area contributed by atoms with Gasteiger partial charge in [0.25, 0.3) is 11.8 Å². The molecule has 1 aliphatic carbocycles. The summed E-state index contributed by atoms with van der Waals surface area (Å²) < 4.78 is 28.1. The van der Waals surface area contributed by atoms with E-state index in [-0.39, 0.29) is 55.8 Å². The third-order valence-corrected chi connectivity index (χ3v) is 8.31. The number of anilines is 2. The van der Waals surface area contributed by atoms with Crippen LogP contribution in [0.2, 0.25) is 0 Å². The Bertz CT molecular complexity index is 1170. The summed E-state index contributed by atoms with van der Waals surface area (Å²) in [6.45, 7) is 3.67. The maximum Gasteiger partial charge on any atom is 0.253 e. The fraction of sp³-hybridized carbons (Fsp3) is 0.538. The highest BCUT2D eigenvalue weighted by molar-refractivity contribution is 14.1. The van der Waals surface area contributed by atoms with E-state index in [1.165, 1.54) is 12.8 Å². The van der Waals surface area contributed by atoms with E-state index in [0.717, 1.165) is 35.2 Å². The van der Waals surface area contributed by atoms with E-state index in [4.69, 9.17) is 0 Å². The summed E-state index contributed by atoms with van der Waals surface area (Å²) in [5.74, 6) is -3.05. The number of benzene rings is 1. The minimum Gasteiger partial charge on any atom is -0.371 e. The van der Waals surface area contributed by atoms with Crippen LogP contribution in [0.1, 0.15) is 65.1 Å². The van der Waals surface area contributed by atoms with Crippen molar-refractivity contribution in [2.45, 2.75) is 51.4 Å². The summed E-state index contributed by atoms with van der Waals surface area (Å²) in [7, 11) is 0. The Labute approximate surface area is 223 Å². The van der Waals surface area contributed by atoms with Crippen molar-refractivity contribution in [3.63, 3.8) is 0 Å². The first kappa shape index (κ1) is 25.3. The van der Waals surface area contributed by atoms with Crippen LogP contribution in [0.25, 0.3) is 0 Å². The molecular formula is C26H30F2IN5O2. The zero-order valence-corrected chi connectivity index (χ0v) is 22.5. The number of alkyl halides is 2. The molecule has 10 heteroatoms. The second-order valence-corrected chi connectivity index (χ2v) is 11.5. The van der Waals surface area contributed by atoms with Crippen LogP contribution < -0.4 is 15.1 Å². The van der Waals surface area contributed by atoms with Gasteiger partial charge >= 0.3 is 0 Å². The Hall–Kier alpha value is -2.37. The molecule has 1 aromatic carbocycles. The molecule has 192 valence electrons. The summed E-state index contributed by atoms with van der Waals surface area (Å²) >= 11 is 2.25. The largest absolute Gasteiger partial charge is 0.371 e. The van der Waals surface area contributed by atoms with Gasteiger partial charge in [0.2, 0.25) is 5.95 Å². The molecule has 0 radical (unpaired) electrons. The Balaban J connectivity index is 1.25. The van der Waals surface area contributed by atoms with E-state index in [1.54, 1.807) is 17.9 Å². The number of carbonyl (C=O) groups is 2. The second kappa shape index (κ2) is 9.83. The molecule has 0 bridgehead atoms. The lowest BCUT2D eigenvalue weighted by atomic mass is 9.93. The molecule has 1 aromatic heterocycles. The first-order valence-electron chi connectivity index (χ1n) is 12.5. The number of ketones is 1. The molecule has 0 unspecified atom stereocenters. The highest BCUT2D eigenvalue weighted by Gasteiger charge is 2.44. The maximum absolute atomic E-state index is 13.5. The van der Waals surface area contributed by atoms with E-state index in [2.05, 4.69) is 42.8 Å². The number of hydrogen-bond acceptors (Lipinski definition) is 6. The van der Waals surface area contributed by atoms with Gasteiger partial charge in [0, 0.05) is 48.3 Å². The van der Waals surface area contributed by atoms with Crippen LogP contribution in [0.15, 0.2) is 24.3 Å². The number of amides is 1. The Morgan fingerprint density at radius 3 is 2.31 bits per heavy atom. The number of aromatic nitrogens is 2. The van der Waals surface area contributed by atoms with Crippen molar-refractivity contribution in [1.29, 1.82) is 0 Å². The lowest BCUT2D eigenvalue weighted by Crippen LogP contribution is -2.40. The molecule has 36 heavy (non-hydrogen) atoms. The average Bonchev–Trinajstić information content (AvgIpc) is 3.61. The highest BCUT2D eigenvalue weighted by Crippen LogP contribution is 2.54. The van der Waals surface area contributed by atoms with E-state index < -0.39 is 5.92 Å². The number of nitrogens with one attached hydrogen (secondary N) is 1. The number of aryl methyl sites for hydroxylation is 1. The fourth-order valence-electron chi connectivity index (χ4n) is 5.07. The molecule has 3 heterocycles. The third kappa shape index (κ3) is 5.63. The standard InChI is InChI=1S/C26H30F2IN5O2/c1-17-14-20(32-24(31-17)34-12-8-26(27,28)9-13-34)22(35)16-30-23(36)19-3-2-18(29)15-21(19)33-10-6-25(4-5-25)7-11-33/h2-3,14-15H,4-13,16H2,1H3,(H,30,36). The van der Waals surface area contributed by atoms with Crippen molar-refractivity contribution in [2.75, 3.05) is 42.5 Å². The van der Waals surface area contributed by atoms with Crippen molar-refractivity contribution >= 4 is 45.9 Å². The van der Waals surface area contributed by atoms with Crippen molar-refractivity contribution in [2.24, 2.45) is 5.41 Å². The van der Waals surface area contributed by atoms with E-state index in [1.807, 2.05) is 18.2 Å². The zero-order chi connectivity index (χ0) is 25.5. The molecule has 0 atom stereocenters. The Morgan fingerprint density at radius 1 is 0.972 bits per heavy atom. The zero-order valence-electron chi connectivity index (χ0n) is 20.3. The second-order valence-electron chi connectivity index (χ2n) is 10.3. The van der Waals surface area contributed by atoms with E-state index in [0.29, 0.717) is 16.7 Å². The van der Waals surface area contributed by atoms with Crippen molar-refractivity contribution in [3.05, 3.63) is 44.8 Å². The number of piperidine rings is 2. The van der Waals surface area contributed by atoms with Crippen LogP contribution >= 0.6 is 22.6 Å². The molecule has 2 aliphatic heterocycles. The first-order chi connectivity index (χ1) is 17.1. The number of rotatable bonds is 6. The average molecular weight is 609 g/mol. The molecule has 1 amide bonds. The summed E-state index contributed by atoms with van der Waals surface area (Å²) in [4.78, 5) is 38.7. The van der Waals surface area contributed by atoms with E-state index >= 15 is 0 Å². The molecule has 2 aromatic rings. The van der Waals surface area contributed by atoms with Crippen molar-refractivity contribution < 1.29 is 18.4 Å². The minimum absolute atomic E-state index is 0.133. The minimum atomic E-state index is -2.68. The predicted octanol–water partition coefficient (Wildman–Crippen LogP) is 4.62. The van der Waals surface area contributed by atoms with Gasteiger partial charge in [0.1, 0.15) is 5.69 Å². The van der Waals surface area contributed by atoms with Crippen LogP contribution in [0.4, 0.5) is 20.4 Å². The van der Waals surface area contributed by atoms with Gasteiger partial charge < -0.3 is 15.1 Å². The summed E-state index contributed by atoms with van der Waals surface area (Å²) in [6, 6.07) is 7.31. The molecule has 1 N–H and O–H groups in total. The number of carbonyl (C=O) groups excluding carboxylic acids is 2. The van der Waals surface area contributed by atoms with Gasteiger partial charge in [-0.1, -0.05) is 0 Å². The van der Waals surface area contributed by atoms with Crippen LogP contribution in [0, 0.1) is 15.9 Å². The van der Waals surface area contributed by atoms with Gasteiger partial charge in [-0.25, -0.2) is 18.7 Å². The molecular weight excluding hydrogens is 579 g/mol. The monoisotopic (exact) mass is 609 g/mol. The lowest BCUT2D eigenvalue weighted by Gasteiger charge is -2.35. The maximum atomic E-state index is 13.5. The Morgan fingerprint density at radius 2 is 1.64 bits per heavy atom. The molecule has 3 aliphatic rings. The van der Waals surface area contributed by atoms with E-state index in [9.17, 15) is 18.4 Å². The third-order valence-electron chi connectivity index (χ3n) is 7.64. The quantitative estimate of drug-likeness (QED) is 0.381. The molecule has 7 nitrogen and oxygen atoms in total. The van der Waals surface area contributed by atoms with Gasteiger partial charge in [-0.2, -0.15) is 0 Å². The van der Waals surface area contributed by atoms with Crippen molar-refractivity contribution in [1.82, 2.24) is 15.3 Å². The first-order valence-corrected chi connectivity index (χ1v) is 13.6. The van der Waals surface area contributed by atoms with Crippen LogP contribution in [-0.4, -0.2) is 60.3 Å². The molecule has 5 rings (SSSR count). The van der Waals surface area contributed by atoms with Crippen molar-refractivity contribution in [3.8, 4) is 0 Å². The summed E-state index contributed by atoms with van der Waals surface area (Å²) in [6.07, 6.45) is 4.41. The van der Waals surface area contributed by atoms with Gasteiger partial charge in [-0.15, -0.1) is 0 Å². The van der Waals surface area contributed by atoms with Gasteiger partial charge in [-0.3, -0.25) is 9.59 Å². The number of nitrogens with zero attached hydrogens (tertiary/aromatic N) is 4. The number of hydrogen-bond donors (Lipinski definition) is 1. The normalized spacial score (nSPS) is 20.3. The number of Topliss-reactive ketones (excluding diaryl/α,β-unsaturated/α-hetero) is 1. The fourth-order valence-corrected chi connectivity index (χ4v) is 5.55. The Kier molecular flexibility index (Phi) is 6.90. The van der Waals surface area contributed by atoms with Gasteiger partial charge in [-0.05, 0) is 84.9 Å². The summed E-state index contributed by atoms with van der Waals surface area (Å²) in [5, 5.41) is 2.76. The number of halogens is 3. The summed E-state index contributed by atoms with van der Waals surface area (Å²) in [5.41, 5.74) is 2.75. The molecule has 2 saturated heterocycles. The molecule has 1 saturated carbocycles. The SMILES string of the molecule is Cc1cc(C(=O)CNC(=O)c2ccc(I)cc2N2CCC3(CC2)CC3)nc(N2CCC(F)(F)CC2)n1. The van der Waals surface area contributed by atoms with Crippen LogP contribution in [0.5, 0.6) is 0 Å². The topological polar surface area (TPSA) is 78.4 Å². The van der Waals surface area contributed by atoms with Crippen LogP contribution in [-0.2, 0) is 0 Å². The molecule has 1 spiro atoms. The predicted molar refractivity (Wildman–Crippen MR) is 142 cm³/mol. The van der Waals surface area contributed by atoms with Crippen LogP contribution in [0.3, 0.4) is 0 Å². The van der Waals surface area contributed by atoms with Gasteiger partial charge in [0.15, 0.2) is 5.78 Å². The molecule has 3 fully saturated rings.